The standard InChI is InChI=1S/C16H9F5N2S/c17-12-6-1-9(7-13(12)18)14-8-24-15(23-14)22-11-4-2-10(3-5-11)16(19,20)21/h1-8H,(H,22,23). The molecular weight excluding hydrogens is 347 g/mol. The highest BCUT2D eigenvalue weighted by atomic mass is 32.1. The summed E-state index contributed by atoms with van der Waals surface area (Å²) < 4.78 is 63.7. The molecule has 0 amide bonds. The summed E-state index contributed by atoms with van der Waals surface area (Å²) >= 11 is 1.20. The average Bonchev–Trinajstić information content (AvgIpc) is 2.98. The van der Waals surface area contributed by atoms with E-state index in [4.69, 9.17) is 0 Å². The van der Waals surface area contributed by atoms with Gasteiger partial charge in [-0.05, 0) is 42.5 Å². The number of benzene rings is 2. The molecule has 1 N–H and O–H groups in total. The maximum absolute atomic E-state index is 13.2. The first-order chi connectivity index (χ1) is 11.3. The zero-order valence-electron chi connectivity index (χ0n) is 11.9. The molecule has 0 fully saturated rings. The zero-order chi connectivity index (χ0) is 17.3. The fourth-order valence-electron chi connectivity index (χ4n) is 1.99. The van der Waals surface area contributed by atoms with E-state index in [2.05, 4.69) is 10.3 Å². The highest BCUT2D eigenvalue weighted by Crippen LogP contribution is 2.31. The highest BCUT2D eigenvalue weighted by molar-refractivity contribution is 7.14. The van der Waals surface area contributed by atoms with Gasteiger partial charge < -0.3 is 5.32 Å². The normalized spacial score (nSPS) is 11.5. The number of nitrogens with one attached hydrogen (secondary N) is 1. The molecule has 0 aliphatic heterocycles. The number of hydrogen-bond acceptors (Lipinski definition) is 3. The number of thiazole rings is 1. The molecule has 0 atom stereocenters. The van der Waals surface area contributed by atoms with Crippen LogP contribution >= 0.6 is 11.3 Å². The smallest absolute Gasteiger partial charge is 0.332 e. The monoisotopic (exact) mass is 356 g/mol. The summed E-state index contributed by atoms with van der Waals surface area (Å²) in [5.74, 6) is -1.92. The van der Waals surface area contributed by atoms with Gasteiger partial charge in [-0.15, -0.1) is 11.3 Å². The van der Waals surface area contributed by atoms with Crippen LogP contribution in [0, 0.1) is 11.6 Å². The summed E-state index contributed by atoms with van der Waals surface area (Å²) in [5.41, 5.74) is 0.544. The number of halogens is 5. The first-order valence-electron chi connectivity index (χ1n) is 6.68. The molecule has 8 heteroatoms. The van der Waals surface area contributed by atoms with Crippen LogP contribution in [-0.2, 0) is 6.18 Å². The van der Waals surface area contributed by atoms with E-state index in [-0.39, 0.29) is 0 Å². The Kier molecular flexibility index (Phi) is 4.23. The summed E-state index contributed by atoms with van der Waals surface area (Å²) in [4.78, 5) is 4.21. The summed E-state index contributed by atoms with van der Waals surface area (Å²) in [7, 11) is 0. The second kappa shape index (κ2) is 6.20. The first-order valence-corrected chi connectivity index (χ1v) is 7.56. The van der Waals surface area contributed by atoms with Gasteiger partial charge >= 0.3 is 6.18 Å². The number of aromatic nitrogens is 1. The maximum Gasteiger partial charge on any atom is 0.416 e. The van der Waals surface area contributed by atoms with Crippen molar-refractivity contribution in [3.05, 3.63) is 65.0 Å². The largest absolute Gasteiger partial charge is 0.416 e. The molecule has 0 saturated heterocycles. The number of hydrogen-bond donors (Lipinski definition) is 1. The predicted octanol–water partition coefficient (Wildman–Crippen LogP) is 5.85. The van der Waals surface area contributed by atoms with E-state index < -0.39 is 23.4 Å². The Morgan fingerprint density at radius 3 is 2.25 bits per heavy atom. The lowest BCUT2D eigenvalue weighted by atomic mass is 10.2. The van der Waals surface area contributed by atoms with E-state index >= 15 is 0 Å². The van der Waals surface area contributed by atoms with Crippen LogP contribution in [0.3, 0.4) is 0 Å². The van der Waals surface area contributed by atoms with Gasteiger partial charge in [-0.3, -0.25) is 0 Å². The van der Waals surface area contributed by atoms with Crippen LogP contribution in [0.25, 0.3) is 11.3 Å². The molecule has 2 aromatic carbocycles. The second-order valence-corrected chi connectivity index (χ2v) is 5.72. The molecule has 0 aliphatic carbocycles. The third kappa shape index (κ3) is 3.53. The molecule has 0 radical (unpaired) electrons. The molecule has 0 spiro atoms. The predicted molar refractivity (Wildman–Crippen MR) is 82.2 cm³/mol. The fourth-order valence-corrected chi connectivity index (χ4v) is 2.73. The van der Waals surface area contributed by atoms with Gasteiger partial charge in [0.25, 0.3) is 0 Å². The first kappa shape index (κ1) is 16.4. The van der Waals surface area contributed by atoms with Gasteiger partial charge in [0.15, 0.2) is 16.8 Å². The van der Waals surface area contributed by atoms with Crippen molar-refractivity contribution >= 4 is 22.2 Å². The third-order valence-electron chi connectivity index (χ3n) is 3.18. The van der Waals surface area contributed by atoms with E-state index in [9.17, 15) is 22.0 Å². The van der Waals surface area contributed by atoms with Crippen molar-refractivity contribution in [3.63, 3.8) is 0 Å². The molecule has 0 saturated carbocycles. The summed E-state index contributed by atoms with van der Waals surface area (Å²) in [6, 6.07) is 7.95. The van der Waals surface area contributed by atoms with Crippen LogP contribution < -0.4 is 5.32 Å². The Balaban J connectivity index is 1.77. The minimum atomic E-state index is -4.39. The van der Waals surface area contributed by atoms with E-state index in [1.54, 1.807) is 5.38 Å². The average molecular weight is 356 g/mol. The molecule has 1 heterocycles. The molecule has 1 aromatic heterocycles. The van der Waals surface area contributed by atoms with Crippen LogP contribution in [0.1, 0.15) is 5.56 Å². The topological polar surface area (TPSA) is 24.9 Å². The van der Waals surface area contributed by atoms with Crippen LogP contribution in [0.5, 0.6) is 0 Å². The molecule has 3 rings (SSSR count). The molecule has 0 bridgehead atoms. The number of anilines is 2. The van der Waals surface area contributed by atoms with Crippen LogP contribution in [0.4, 0.5) is 32.8 Å². The minimum absolute atomic E-state index is 0.408. The molecule has 124 valence electrons. The van der Waals surface area contributed by atoms with Crippen molar-refractivity contribution in [2.45, 2.75) is 6.18 Å². The van der Waals surface area contributed by atoms with Crippen molar-refractivity contribution in [2.75, 3.05) is 5.32 Å². The van der Waals surface area contributed by atoms with E-state index in [1.807, 2.05) is 0 Å². The van der Waals surface area contributed by atoms with Crippen LogP contribution in [0.15, 0.2) is 47.8 Å². The lowest BCUT2D eigenvalue weighted by Crippen LogP contribution is -2.04. The molecule has 3 aromatic rings. The summed E-state index contributed by atoms with van der Waals surface area (Å²) in [5, 5.41) is 4.93. The Hall–Kier alpha value is -2.48. The molecule has 0 aliphatic rings. The Labute approximate surface area is 137 Å². The number of nitrogens with zero attached hydrogens (tertiary/aromatic N) is 1. The van der Waals surface area contributed by atoms with Gasteiger partial charge in [0.05, 0.1) is 11.3 Å². The van der Waals surface area contributed by atoms with Crippen molar-refractivity contribution in [1.82, 2.24) is 4.98 Å². The molecule has 2 nitrogen and oxygen atoms in total. The number of alkyl halides is 3. The molecular formula is C16H9F5N2S. The van der Waals surface area contributed by atoms with Crippen molar-refractivity contribution in [1.29, 1.82) is 0 Å². The van der Waals surface area contributed by atoms with Crippen LogP contribution in [0.2, 0.25) is 0 Å². The lowest BCUT2D eigenvalue weighted by molar-refractivity contribution is -0.137. The Morgan fingerprint density at radius 2 is 1.62 bits per heavy atom. The fraction of sp³-hybridized carbons (Fsp3) is 0.0625. The Morgan fingerprint density at radius 1 is 0.917 bits per heavy atom. The third-order valence-corrected chi connectivity index (χ3v) is 3.94. The summed E-state index contributed by atoms with van der Waals surface area (Å²) in [6.07, 6.45) is -4.39. The SMILES string of the molecule is Fc1ccc(-c2csc(Nc3ccc(C(F)(F)F)cc3)n2)cc1F. The zero-order valence-corrected chi connectivity index (χ0v) is 12.7. The van der Waals surface area contributed by atoms with Gasteiger partial charge in [-0.2, -0.15) is 13.2 Å². The van der Waals surface area contributed by atoms with Crippen molar-refractivity contribution in [3.8, 4) is 11.3 Å². The van der Waals surface area contributed by atoms with Gasteiger partial charge in [0.2, 0.25) is 0 Å². The van der Waals surface area contributed by atoms with Crippen molar-refractivity contribution < 1.29 is 22.0 Å². The Bertz CT molecular complexity index is 856. The second-order valence-electron chi connectivity index (χ2n) is 4.87. The van der Waals surface area contributed by atoms with E-state index in [0.717, 1.165) is 24.3 Å². The molecule has 0 unspecified atom stereocenters. The van der Waals surface area contributed by atoms with Crippen molar-refractivity contribution in [2.24, 2.45) is 0 Å². The van der Waals surface area contributed by atoms with Crippen LogP contribution in [-0.4, -0.2) is 4.98 Å². The van der Waals surface area contributed by atoms with E-state index in [0.29, 0.717) is 22.1 Å². The van der Waals surface area contributed by atoms with E-state index in [1.165, 1.54) is 29.5 Å². The van der Waals surface area contributed by atoms with Gasteiger partial charge in [-0.1, -0.05) is 0 Å². The highest BCUT2D eigenvalue weighted by Gasteiger charge is 2.29. The summed E-state index contributed by atoms with van der Waals surface area (Å²) in [6.45, 7) is 0. The number of rotatable bonds is 3. The lowest BCUT2D eigenvalue weighted by Gasteiger charge is -2.07. The van der Waals surface area contributed by atoms with Gasteiger partial charge in [0.1, 0.15) is 0 Å². The van der Waals surface area contributed by atoms with Gasteiger partial charge in [0, 0.05) is 16.6 Å². The minimum Gasteiger partial charge on any atom is -0.332 e. The quantitative estimate of drug-likeness (QED) is 0.596. The van der Waals surface area contributed by atoms with Gasteiger partial charge in [-0.25, -0.2) is 13.8 Å². The maximum atomic E-state index is 13.2. The molecule has 24 heavy (non-hydrogen) atoms.